The van der Waals surface area contributed by atoms with Crippen LogP contribution in [0.4, 0.5) is 4.39 Å². The van der Waals surface area contributed by atoms with E-state index in [1.54, 1.807) is 6.07 Å². The largest absolute Gasteiger partial charge is 0.245 e. The molecule has 0 spiro atoms. The minimum absolute atomic E-state index is 0.312. The Kier molecular flexibility index (Phi) is 2.47. The van der Waals surface area contributed by atoms with E-state index in [0.29, 0.717) is 22.2 Å². The Morgan fingerprint density at radius 1 is 0.952 bits per heavy atom. The van der Waals surface area contributed by atoms with Crippen LogP contribution in [-0.4, -0.2) is 20.4 Å². The lowest BCUT2D eigenvalue weighted by Gasteiger charge is -2.05. The molecular formula is C16H11FN4. The number of nitrogens with zero attached hydrogens (tertiary/aromatic N) is 3. The molecule has 4 nitrogen and oxygen atoms in total. The third-order valence-electron chi connectivity index (χ3n) is 3.54. The van der Waals surface area contributed by atoms with E-state index in [9.17, 15) is 4.39 Å². The SMILES string of the molecule is Cc1ccc(-c2nc3cc(F)ccc3c3n[nH]nc23)cc1. The minimum Gasteiger partial charge on any atom is -0.245 e. The molecular weight excluding hydrogens is 267 g/mol. The van der Waals surface area contributed by atoms with Gasteiger partial charge in [-0.05, 0) is 19.1 Å². The van der Waals surface area contributed by atoms with Crippen LogP contribution >= 0.6 is 0 Å². The third kappa shape index (κ3) is 1.86. The molecule has 2 heterocycles. The third-order valence-corrected chi connectivity index (χ3v) is 3.54. The van der Waals surface area contributed by atoms with Crippen LogP contribution in [0.15, 0.2) is 42.5 Å². The standard InChI is InChI=1S/C16H11FN4/c1-9-2-4-10(5-3-9)14-16-15(19-21-20-16)12-7-6-11(17)8-13(12)18-14/h2-8H,1H3,(H,19,20,21). The first-order valence-electron chi connectivity index (χ1n) is 6.59. The number of aromatic amines is 1. The van der Waals surface area contributed by atoms with Crippen molar-refractivity contribution < 1.29 is 4.39 Å². The summed E-state index contributed by atoms with van der Waals surface area (Å²) in [6.07, 6.45) is 0. The van der Waals surface area contributed by atoms with Crippen LogP contribution in [0.25, 0.3) is 33.2 Å². The Balaban J connectivity index is 2.10. The van der Waals surface area contributed by atoms with Gasteiger partial charge in [0.15, 0.2) is 0 Å². The molecule has 0 saturated heterocycles. The number of fused-ring (bicyclic) bond motifs is 3. The molecule has 0 fully saturated rings. The van der Waals surface area contributed by atoms with E-state index in [1.807, 2.05) is 31.2 Å². The molecule has 0 aliphatic carbocycles. The molecule has 4 aromatic rings. The van der Waals surface area contributed by atoms with Crippen LogP contribution in [-0.2, 0) is 0 Å². The average molecular weight is 278 g/mol. The molecule has 1 N–H and O–H groups in total. The zero-order valence-corrected chi connectivity index (χ0v) is 11.3. The van der Waals surface area contributed by atoms with E-state index in [1.165, 1.54) is 17.7 Å². The van der Waals surface area contributed by atoms with Crippen molar-refractivity contribution in [2.75, 3.05) is 0 Å². The monoisotopic (exact) mass is 278 g/mol. The average Bonchev–Trinajstić information content (AvgIpc) is 2.96. The molecule has 0 amide bonds. The number of nitrogens with one attached hydrogen (secondary N) is 1. The second-order valence-corrected chi connectivity index (χ2v) is 5.01. The normalized spacial score (nSPS) is 11.3. The van der Waals surface area contributed by atoms with Crippen LogP contribution in [0.1, 0.15) is 5.56 Å². The van der Waals surface area contributed by atoms with Crippen LogP contribution in [0.2, 0.25) is 0 Å². The van der Waals surface area contributed by atoms with Crippen LogP contribution < -0.4 is 0 Å². The first-order valence-corrected chi connectivity index (χ1v) is 6.59. The van der Waals surface area contributed by atoms with E-state index in [2.05, 4.69) is 20.4 Å². The molecule has 0 aliphatic heterocycles. The number of aromatic nitrogens is 4. The summed E-state index contributed by atoms with van der Waals surface area (Å²) in [4.78, 5) is 4.57. The Hall–Kier alpha value is -2.82. The number of hydrogen-bond donors (Lipinski definition) is 1. The quantitative estimate of drug-likeness (QED) is 0.578. The number of benzene rings is 2. The van der Waals surface area contributed by atoms with Crippen molar-refractivity contribution in [2.45, 2.75) is 6.92 Å². The van der Waals surface area contributed by atoms with Crippen LogP contribution in [0.5, 0.6) is 0 Å². The summed E-state index contributed by atoms with van der Waals surface area (Å²) in [5.74, 6) is -0.312. The van der Waals surface area contributed by atoms with Gasteiger partial charge in [0.2, 0.25) is 0 Å². The molecule has 5 heteroatoms. The molecule has 2 aromatic carbocycles. The van der Waals surface area contributed by atoms with Crippen molar-refractivity contribution in [3.05, 3.63) is 53.8 Å². The molecule has 2 aromatic heterocycles. The lowest BCUT2D eigenvalue weighted by atomic mass is 10.1. The molecule has 102 valence electrons. The van der Waals surface area contributed by atoms with Crippen molar-refractivity contribution in [2.24, 2.45) is 0 Å². The first-order chi connectivity index (χ1) is 10.2. The highest BCUT2D eigenvalue weighted by atomic mass is 19.1. The van der Waals surface area contributed by atoms with Gasteiger partial charge >= 0.3 is 0 Å². The van der Waals surface area contributed by atoms with Crippen LogP contribution in [0, 0.1) is 12.7 Å². The zero-order valence-electron chi connectivity index (χ0n) is 11.3. The molecule has 0 atom stereocenters. The Morgan fingerprint density at radius 2 is 1.71 bits per heavy atom. The molecule has 0 bridgehead atoms. The van der Waals surface area contributed by atoms with E-state index in [-0.39, 0.29) is 5.82 Å². The summed E-state index contributed by atoms with van der Waals surface area (Å²) in [5.41, 5.74) is 4.78. The lowest BCUT2D eigenvalue weighted by molar-refractivity contribution is 0.629. The fourth-order valence-corrected chi connectivity index (χ4v) is 2.47. The zero-order chi connectivity index (χ0) is 14.4. The van der Waals surface area contributed by atoms with Gasteiger partial charge < -0.3 is 0 Å². The maximum Gasteiger partial charge on any atom is 0.139 e. The minimum atomic E-state index is -0.312. The highest BCUT2D eigenvalue weighted by Crippen LogP contribution is 2.30. The van der Waals surface area contributed by atoms with Gasteiger partial charge in [-0.15, -0.1) is 0 Å². The fraction of sp³-hybridized carbons (Fsp3) is 0.0625. The van der Waals surface area contributed by atoms with Gasteiger partial charge in [-0.1, -0.05) is 29.8 Å². The van der Waals surface area contributed by atoms with Crippen molar-refractivity contribution >= 4 is 21.9 Å². The molecule has 0 aliphatic rings. The summed E-state index contributed by atoms with van der Waals surface area (Å²) >= 11 is 0. The summed E-state index contributed by atoms with van der Waals surface area (Å²) in [6, 6.07) is 12.5. The van der Waals surface area contributed by atoms with Crippen molar-refractivity contribution in [3.8, 4) is 11.3 Å². The van der Waals surface area contributed by atoms with E-state index < -0.39 is 0 Å². The van der Waals surface area contributed by atoms with Gasteiger partial charge in [0.1, 0.15) is 22.5 Å². The van der Waals surface area contributed by atoms with E-state index >= 15 is 0 Å². The highest BCUT2D eigenvalue weighted by Gasteiger charge is 2.14. The molecule has 21 heavy (non-hydrogen) atoms. The van der Waals surface area contributed by atoms with Gasteiger partial charge in [0.25, 0.3) is 0 Å². The first kappa shape index (κ1) is 12.0. The second kappa shape index (κ2) is 4.34. The smallest absolute Gasteiger partial charge is 0.139 e. The summed E-state index contributed by atoms with van der Waals surface area (Å²) in [5, 5.41) is 11.8. The topological polar surface area (TPSA) is 54.5 Å². The predicted molar refractivity (Wildman–Crippen MR) is 79.3 cm³/mol. The molecule has 0 saturated carbocycles. The number of halogens is 1. The van der Waals surface area contributed by atoms with Crippen molar-refractivity contribution in [3.63, 3.8) is 0 Å². The molecule has 0 radical (unpaired) electrons. The molecule has 4 rings (SSSR count). The van der Waals surface area contributed by atoms with Crippen molar-refractivity contribution in [1.29, 1.82) is 0 Å². The maximum absolute atomic E-state index is 13.5. The Labute approximate surface area is 119 Å². The number of H-pyrrole nitrogens is 1. The fourth-order valence-electron chi connectivity index (χ4n) is 2.47. The predicted octanol–water partition coefficient (Wildman–Crippen LogP) is 3.62. The number of hydrogen-bond acceptors (Lipinski definition) is 3. The van der Waals surface area contributed by atoms with Gasteiger partial charge in [0, 0.05) is 17.0 Å². The van der Waals surface area contributed by atoms with Crippen molar-refractivity contribution in [1.82, 2.24) is 20.4 Å². The summed E-state index contributed by atoms with van der Waals surface area (Å²) in [6.45, 7) is 2.03. The van der Waals surface area contributed by atoms with Gasteiger partial charge in [-0.3, -0.25) is 0 Å². The number of aryl methyl sites for hydroxylation is 1. The van der Waals surface area contributed by atoms with E-state index in [4.69, 9.17) is 0 Å². The Morgan fingerprint density at radius 3 is 2.52 bits per heavy atom. The van der Waals surface area contributed by atoms with Gasteiger partial charge in [0.05, 0.1) is 5.52 Å². The van der Waals surface area contributed by atoms with E-state index in [0.717, 1.165) is 10.9 Å². The number of pyridine rings is 1. The van der Waals surface area contributed by atoms with Gasteiger partial charge in [-0.2, -0.15) is 15.4 Å². The highest BCUT2D eigenvalue weighted by molar-refractivity contribution is 6.06. The summed E-state index contributed by atoms with van der Waals surface area (Å²) < 4.78 is 13.5. The Bertz CT molecular complexity index is 957. The van der Waals surface area contributed by atoms with Gasteiger partial charge in [-0.25, -0.2) is 9.37 Å². The van der Waals surface area contributed by atoms with Crippen LogP contribution in [0.3, 0.4) is 0 Å². The number of rotatable bonds is 1. The summed E-state index contributed by atoms with van der Waals surface area (Å²) in [7, 11) is 0. The second-order valence-electron chi connectivity index (χ2n) is 5.01. The molecule has 0 unspecified atom stereocenters. The maximum atomic E-state index is 13.5. The lowest BCUT2D eigenvalue weighted by Crippen LogP contribution is -1.90.